The van der Waals surface area contributed by atoms with Crippen LogP contribution in [0.2, 0.25) is 0 Å². The lowest BCUT2D eigenvalue weighted by Gasteiger charge is -2.11. The number of benzene rings is 2. The average Bonchev–Trinajstić information content (AvgIpc) is 2.55. The van der Waals surface area contributed by atoms with Crippen molar-refractivity contribution in [1.82, 2.24) is 0 Å². The Morgan fingerprint density at radius 1 is 1.23 bits per heavy atom. The third-order valence-corrected chi connectivity index (χ3v) is 3.18. The van der Waals surface area contributed by atoms with Gasteiger partial charge in [-0.15, -0.1) is 0 Å². The molecule has 0 aliphatic rings. The van der Waals surface area contributed by atoms with Crippen LogP contribution in [-0.2, 0) is 0 Å². The monoisotopic (exact) mass is 319 g/mol. The number of hydrogen-bond donors (Lipinski definition) is 0. The first-order chi connectivity index (χ1) is 10.7. The molecule has 0 saturated heterocycles. The minimum Gasteiger partial charge on any atom is -0.497 e. The number of halogens is 1. The molecule has 0 aromatic heterocycles. The van der Waals surface area contributed by atoms with Crippen LogP contribution in [0.5, 0.6) is 11.5 Å². The molecule has 0 atom stereocenters. The van der Waals surface area contributed by atoms with Gasteiger partial charge in [-0.25, -0.2) is 0 Å². The third kappa shape index (κ3) is 3.77. The Labute approximate surface area is 132 Å². The largest absolute Gasteiger partial charge is 0.497 e. The summed E-state index contributed by atoms with van der Waals surface area (Å²) in [5, 5.41) is 11.0. The molecule has 2 aromatic rings. The Morgan fingerprint density at radius 2 is 1.95 bits per heavy atom. The Kier molecular flexibility index (Phi) is 5.38. The molecule has 2 aromatic carbocycles. The summed E-state index contributed by atoms with van der Waals surface area (Å²) in [6.45, 7) is 0.282. The van der Waals surface area contributed by atoms with Crippen molar-refractivity contribution in [3.05, 3.63) is 64.2 Å². The molecule has 22 heavy (non-hydrogen) atoms. The maximum atomic E-state index is 11.0. The van der Waals surface area contributed by atoms with Crippen molar-refractivity contribution < 1.29 is 14.4 Å². The number of non-ortho nitro benzene ring substituents is 1. The van der Waals surface area contributed by atoms with Crippen LogP contribution in [0.1, 0.15) is 0 Å². The van der Waals surface area contributed by atoms with E-state index in [1.807, 2.05) is 12.1 Å². The van der Waals surface area contributed by atoms with E-state index in [1.165, 1.54) is 17.7 Å². The van der Waals surface area contributed by atoms with Crippen LogP contribution in [0.3, 0.4) is 0 Å². The highest BCUT2D eigenvalue weighted by atomic mass is 35.5. The van der Waals surface area contributed by atoms with Gasteiger partial charge in [-0.1, -0.05) is 23.7 Å². The van der Waals surface area contributed by atoms with Crippen LogP contribution in [-0.4, -0.2) is 18.6 Å². The molecule has 6 heteroatoms. The molecule has 0 heterocycles. The molecule has 0 unspecified atom stereocenters. The van der Waals surface area contributed by atoms with Gasteiger partial charge in [0.25, 0.3) is 5.69 Å². The van der Waals surface area contributed by atoms with Gasteiger partial charge in [-0.05, 0) is 29.8 Å². The van der Waals surface area contributed by atoms with Crippen molar-refractivity contribution in [2.24, 2.45) is 0 Å². The van der Waals surface area contributed by atoms with Crippen molar-refractivity contribution >= 4 is 17.3 Å². The predicted molar refractivity (Wildman–Crippen MR) is 85.6 cm³/mol. The zero-order chi connectivity index (χ0) is 15.9. The first-order valence-corrected chi connectivity index (χ1v) is 6.90. The van der Waals surface area contributed by atoms with E-state index in [0.29, 0.717) is 17.1 Å². The first kappa shape index (κ1) is 15.9. The summed E-state index contributed by atoms with van der Waals surface area (Å²) < 4.78 is 10.7. The molecule has 0 aliphatic carbocycles. The fourth-order valence-corrected chi connectivity index (χ4v) is 2.00. The van der Waals surface area contributed by atoms with Gasteiger partial charge in [0.1, 0.15) is 18.1 Å². The fraction of sp³-hybridized carbons (Fsp3) is 0.125. The maximum Gasteiger partial charge on any atom is 0.270 e. The summed E-state index contributed by atoms with van der Waals surface area (Å²) in [5.74, 6) is 1.26. The van der Waals surface area contributed by atoms with Crippen LogP contribution in [0.4, 0.5) is 5.69 Å². The normalized spacial score (nSPS) is 10.6. The molecular weight excluding hydrogens is 306 g/mol. The summed E-state index contributed by atoms with van der Waals surface area (Å²) in [5.41, 5.74) is 2.80. The molecule has 0 fully saturated rings. The maximum absolute atomic E-state index is 11.0. The number of nitro groups is 1. The predicted octanol–water partition coefficient (Wildman–Crippen LogP) is 4.40. The molecule has 0 radical (unpaired) electrons. The van der Waals surface area contributed by atoms with Gasteiger partial charge >= 0.3 is 0 Å². The van der Waals surface area contributed by atoms with Crippen LogP contribution in [0.25, 0.3) is 11.1 Å². The van der Waals surface area contributed by atoms with E-state index in [2.05, 4.69) is 0 Å². The quantitative estimate of drug-likeness (QED) is 0.584. The zero-order valence-corrected chi connectivity index (χ0v) is 12.6. The van der Waals surface area contributed by atoms with Crippen molar-refractivity contribution in [2.75, 3.05) is 13.7 Å². The van der Waals surface area contributed by atoms with Gasteiger partial charge in [0.15, 0.2) is 0 Å². The smallest absolute Gasteiger partial charge is 0.270 e. The molecule has 0 aliphatic heterocycles. The molecule has 0 spiro atoms. The minimum atomic E-state index is -0.435. The second-order valence-electron chi connectivity index (χ2n) is 4.34. The number of hydrogen-bond acceptors (Lipinski definition) is 4. The van der Waals surface area contributed by atoms with Crippen molar-refractivity contribution in [1.29, 1.82) is 0 Å². The van der Waals surface area contributed by atoms with Crippen molar-refractivity contribution in [3.8, 4) is 22.6 Å². The van der Waals surface area contributed by atoms with Crippen LogP contribution in [0.15, 0.2) is 54.1 Å². The second kappa shape index (κ2) is 7.47. The van der Waals surface area contributed by atoms with Crippen LogP contribution in [0, 0.1) is 10.1 Å². The van der Waals surface area contributed by atoms with Gasteiger partial charge in [0, 0.05) is 23.2 Å². The minimum absolute atomic E-state index is 0.00561. The average molecular weight is 320 g/mol. The summed E-state index contributed by atoms with van der Waals surface area (Å²) in [6, 6.07) is 11.7. The van der Waals surface area contributed by atoms with Gasteiger partial charge in [0.2, 0.25) is 0 Å². The fourth-order valence-electron chi connectivity index (χ4n) is 1.93. The van der Waals surface area contributed by atoms with Crippen molar-refractivity contribution in [3.63, 3.8) is 0 Å². The molecule has 5 nitrogen and oxygen atoms in total. The Bertz CT molecular complexity index is 683. The molecule has 0 amide bonds. The Balaban J connectivity index is 2.42. The highest BCUT2D eigenvalue weighted by molar-refractivity contribution is 6.25. The van der Waals surface area contributed by atoms with E-state index < -0.39 is 4.92 Å². The highest BCUT2D eigenvalue weighted by Gasteiger charge is 2.13. The van der Waals surface area contributed by atoms with Crippen LogP contribution >= 0.6 is 11.6 Å². The highest BCUT2D eigenvalue weighted by Crippen LogP contribution is 2.34. The van der Waals surface area contributed by atoms with E-state index in [9.17, 15) is 10.1 Å². The number of methoxy groups -OCH3 is 1. The lowest BCUT2D eigenvalue weighted by molar-refractivity contribution is -0.384. The third-order valence-electron chi connectivity index (χ3n) is 3.00. The SMILES string of the molecule is COc1ccc(-c2cc([N+](=O)[O-])ccc2OC/C=C/Cl)cc1. The lowest BCUT2D eigenvalue weighted by Crippen LogP contribution is -1.97. The van der Waals surface area contributed by atoms with E-state index in [4.69, 9.17) is 21.1 Å². The van der Waals surface area contributed by atoms with E-state index >= 15 is 0 Å². The number of rotatable bonds is 6. The van der Waals surface area contributed by atoms with Gasteiger partial charge in [0.05, 0.1) is 12.0 Å². The van der Waals surface area contributed by atoms with Gasteiger partial charge in [-0.2, -0.15) is 0 Å². The van der Waals surface area contributed by atoms with Gasteiger partial charge in [-0.3, -0.25) is 10.1 Å². The Morgan fingerprint density at radius 3 is 2.55 bits per heavy atom. The van der Waals surface area contributed by atoms with Crippen LogP contribution < -0.4 is 9.47 Å². The van der Waals surface area contributed by atoms with Gasteiger partial charge < -0.3 is 9.47 Å². The zero-order valence-electron chi connectivity index (χ0n) is 11.9. The number of nitro benzene ring substituents is 1. The Hall–Kier alpha value is -2.53. The standard InChI is InChI=1S/C16H14ClNO4/c1-21-14-6-3-12(4-7-14)15-11-13(18(19)20)5-8-16(15)22-10-2-9-17/h2-9,11H,10H2,1H3/b9-2+. The number of ether oxygens (including phenoxy) is 2. The molecule has 114 valence electrons. The van der Waals surface area contributed by atoms with E-state index in [0.717, 1.165) is 5.56 Å². The second-order valence-corrected chi connectivity index (χ2v) is 4.59. The van der Waals surface area contributed by atoms with Crippen molar-refractivity contribution in [2.45, 2.75) is 0 Å². The number of nitrogens with zero attached hydrogens (tertiary/aromatic N) is 1. The molecule has 0 N–H and O–H groups in total. The molecule has 0 bridgehead atoms. The summed E-state index contributed by atoms with van der Waals surface area (Å²) >= 11 is 5.46. The molecular formula is C16H14ClNO4. The van der Waals surface area contributed by atoms with E-state index in [1.54, 1.807) is 31.4 Å². The molecule has 0 saturated carbocycles. The summed E-state index contributed by atoms with van der Waals surface area (Å²) in [6.07, 6.45) is 1.64. The summed E-state index contributed by atoms with van der Waals surface area (Å²) in [7, 11) is 1.58. The summed E-state index contributed by atoms with van der Waals surface area (Å²) in [4.78, 5) is 10.5. The molecule has 2 rings (SSSR count). The van der Waals surface area contributed by atoms with E-state index in [-0.39, 0.29) is 12.3 Å². The lowest BCUT2D eigenvalue weighted by atomic mass is 10.0. The topological polar surface area (TPSA) is 61.6 Å². The first-order valence-electron chi connectivity index (χ1n) is 6.46.